The van der Waals surface area contributed by atoms with Crippen molar-refractivity contribution in [2.24, 2.45) is 0 Å². The molecule has 0 aliphatic carbocycles. The third kappa shape index (κ3) is 2.98. The number of pyridine rings is 1. The van der Waals surface area contributed by atoms with Gasteiger partial charge in [-0.3, -0.25) is 9.36 Å². The van der Waals surface area contributed by atoms with Crippen LogP contribution < -0.4 is 5.56 Å². The highest BCUT2D eigenvalue weighted by Crippen LogP contribution is 2.31. The van der Waals surface area contributed by atoms with Gasteiger partial charge in [0.05, 0.1) is 16.7 Å². The molecule has 1 aromatic carbocycles. The Labute approximate surface area is 135 Å². The summed E-state index contributed by atoms with van der Waals surface area (Å²) in [6.45, 7) is 1.37. The molecule has 0 aliphatic rings. The van der Waals surface area contributed by atoms with Gasteiger partial charge < -0.3 is 5.11 Å². The number of nitriles is 1. The van der Waals surface area contributed by atoms with E-state index in [0.29, 0.717) is 21.7 Å². The predicted molar refractivity (Wildman–Crippen MR) is 83.2 cm³/mol. The Hall–Kier alpha value is -2.29. The van der Waals surface area contributed by atoms with Crippen LogP contribution in [0.2, 0.25) is 10.0 Å². The predicted octanol–water partition coefficient (Wildman–Crippen LogP) is 3.34. The number of rotatable bonds is 3. The van der Waals surface area contributed by atoms with Crippen molar-refractivity contribution < 1.29 is 9.90 Å². The summed E-state index contributed by atoms with van der Waals surface area (Å²) in [4.78, 5) is 23.1. The molecule has 22 heavy (non-hydrogen) atoms. The minimum absolute atomic E-state index is 0.159. The Morgan fingerprint density at radius 2 is 2.00 bits per heavy atom. The second-order valence-corrected chi connectivity index (χ2v) is 5.44. The molecule has 0 fully saturated rings. The van der Waals surface area contributed by atoms with Gasteiger partial charge in [-0.25, -0.2) is 4.79 Å². The highest BCUT2D eigenvalue weighted by atomic mass is 35.5. The van der Waals surface area contributed by atoms with Crippen molar-refractivity contribution in [3.8, 4) is 17.2 Å². The number of nitrogens with zero attached hydrogens (tertiary/aromatic N) is 2. The molecule has 0 radical (unpaired) electrons. The zero-order valence-corrected chi connectivity index (χ0v) is 12.9. The van der Waals surface area contributed by atoms with Crippen LogP contribution in [-0.2, 0) is 4.79 Å². The van der Waals surface area contributed by atoms with E-state index in [1.807, 2.05) is 6.07 Å². The van der Waals surface area contributed by atoms with Crippen molar-refractivity contribution in [3.05, 3.63) is 56.4 Å². The molecule has 0 amide bonds. The number of carboxylic acids is 1. The zero-order valence-electron chi connectivity index (χ0n) is 11.4. The lowest BCUT2D eigenvalue weighted by atomic mass is 10.0. The van der Waals surface area contributed by atoms with Crippen molar-refractivity contribution in [1.29, 1.82) is 5.26 Å². The van der Waals surface area contributed by atoms with E-state index in [-0.39, 0.29) is 5.02 Å². The minimum Gasteiger partial charge on any atom is -0.480 e. The summed E-state index contributed by atoms with van der Waals surface area (Å²) in [5.74, 6) is -1.15. The van der Waals surface area contributed by atoms with E-state index in [4.69, 9.17) is 33.6 Å². The molecule has 2 rings (SSSR count). The molecule has 1 aromatic heterocycles. The topological polar surface area (TPSA) is 83.1 Å². The molecule has 1 N–H and O–H groups in total. The number of aliphatic carboxylic acids is 1. The molecule has 1 unspecified atom stereocenters. The van der Waals surface area contributed by atoms with Gasteiger partial charge in [0, 0.05) is 28.4 Å². The van der Waals surface area contributed by atoms with E-state index in [2.05, 4.69) is 0 Å². The normalized spacial score (nSPS) is 11.7. The standard InChI is InChI=1S/C15H10Cl2N2O3/c1-8(15(21)22)19-7-13(17)12(5-14(19)20)11-4-10(16)3-2-9(11)6-18/h2-5,7-8H,1H3,(H,21,22). The van der Waals surface area contributed by atoms with Gasteiger partial charge in [0.2, 0.25) is 0 Å². The summed E-state index contributed by atoms with van der Waals surface area (Å²) in [5.41, 5.74) is 0.541. The van der Waals surface area contributed by atoms with Crippen molar-refractivity contribution in [2.45, 2.75) is 13.0 Å². The second kappa shape index (κ2) is 6.22. The van der Waals surface area contributed by atoms with Crippen LogP contribution >= 0.6 is 23.2 Å². The first kappa shape index (κ1) is 16.1. The van der Waals surface area contributed by atoms with Gasteiger partial charge in [-0.15, -0.1) is 0 Å². The second-order valence-electron chi connectivity index (χ2n) is 4.60. The lowest BCUT2D eigenvalue weighted by Crippen LogP contribution is -2.27. The third-order valence-electron chi connectivity index (χ3n) is 3.20. The lowest BCUT2D eigenvalue weighted by Gasteiger charge is -2.13. The summed E-state index contributed by atoms with van der Waals surface area (Å²) >= 11 is 12.1. The Morgan fingerprint density at radius 1 is 1.32 bits per heavy atom. The van der Waals surface area contributed by atoms with Crippen LogP contribution in [0, 0.1) is 11.3 Å². The maximum atomic E-state index is 12.1. The van der Waals surface area contributed by atoms with E-state index in [0.717, 1.165) is 4.57 Å². The van der Waals surface area contributed by atoms with E-state index < -0.39 is 17.6 Å². The molecule has 0 aliphatic heterocycles. The number of benzene rings is 1. The summed E-state index contributed by atoms with van der Waals surface area (Å²) in [7, 11) is 0. The Morgan fingerprint density at radius 3 is 2.59 bits per heavy atom. The fourth-order valence-electron chi connectivity index (χ4n) is 1.99. The van der Waals surface area contributed by atoms with Crippen molar-refractivity contribution in [2.75, 3.05) is 0 Å². The molecule has 0 spiro atoms. The van der Waals surface area contributed by atoms with Crippen LogP contribution in [-0.4, -0.2) is 15.6 Å². The zero-order chi connectivity index (χ0) is 16.4. The molecule has 1 atom stereocenters. The van der Waals surface area contributed by atoms with E-state index in [1.165, 1.54) is 31.3 Å². The van der Waals surface area contributed by atoms with Gasteiger partial charge in [0.25, 0.3) is 5.56 Å². The van der Waals surface area contributed by atoms with Crippen LogP contribution in [0.1, 0.15) is 18.5 Å². The van der Waals surface area contributed by atoms with Gasteiger partial charge in [0.1, 0.15) is 6.04 Å². The number of aromatic nitrogens is 1. The highest BCUT2D eigenvalue weighted by molar-refractivity contribution is 6.33. The van der Waals surface area contributed by atoms with Gasteiger partial charge in [-0.2, -0.15) is 5.26 Å². The molecule has 0 bridgehead atoms. The molecular weight excluding hydrogens is 327 g/mol. The molecule has 0 saturated heterocycles. The Kier molecular flexibility index (Phi) is 4.55. The number of hydrogen-bond donors (Lipinski definition) is 1. The fourth-order valence-corrected chi connectivity index (χ4v) is 2.42. The van der Waals surface area contributed by atoms with E-state index in [9.17, 15) is 9.59 Å². The number of hydrogen-bond acceptors (Lipinski definition) is 3. The van der Waals surface area contributed by atoms with Crippen LogP contribution in [0.3, 0.4) is 0 Å². The quantitative estimate of drug-likeness (QED) is 0.931. The number of carbonyl (C=O) groups is 1. The van der Waals surface area contributed by atoms with E-state index >= 15 is 0 Å². The largest absolute Gasteiger partial charge is 0.480 e. The van der Waals surface area contributed by atoms with E-state index in [1.54, 1.807) is 6.07 Å². The van der Waals surface area contributed by atoms with Crippen molar-refractivity contribution in [3.63, 3.8) is 0 Å². The third-order valence-corrected chi connectivity index (χ3v) is 3.74. The summed E-state index contributed by atoms with van der Waals surface area (Å²) in [6, 6.07) is 6.78. The van der Waals surface area contributed by atoms with Crippen LogP contribution in [0.4, 0.5) is 0 Å². The van der Waals surface area contributed by atoms with Gasteiger partial charge in [-0.1, -0.05) is 23.2 Å². The smallest absolute Gasteiger partial charge is 0.326 e. The molecule has 112 valence electrons. The SMILES string of the molecule is CC(C(=O)O)n1cc(Cl)c(-c2cc(Cl)ccc2C#N)cc1=O. The lowest BCUT2D eigenvalue weighted by molar-refractivity contribution is -0.140. The summed E-state index contributed by atoms with van der Waals surface area (Å²) in [5, 5.41) is 18.7. The minimum atomic E-state index is -1.15. The van der Waals surface area contributed by atoms with Gasteiger partial charge in [-0.05, 0) is 25.1 Å². The average Bonchev–Trinajstić information content (AvgIpc) is 2.48. The average molecular weight is 337 g/mol. The van der Waals surface area contributed by atoms with Crippen LogP contribution in [0.5, 0.6) is 0 Å². The Bertz CT molecular complexity index is 853. The van der Waals surface area contributed by atoms with Crippen molar-refractivity contribution >= 4 is 29.2 Å². The first-order valence-corrected chi connectivity index (χ1v) is 6.95. The molecular formula is C15H10Cl2N2O3. The molecule has 1 heterocycles. The van der Waals surface area contributed by atoms with Crippen molar-refractivity contribution in [1.82, 2.24) is 4.57 Å². The fraction of sp³-hybridized carbons (Fsp3) is 0.133. The summed E-state index contributed by atoms with van der Waals surface area (Å²) < 4.78 is 1.02. The maximum absolute atomic E-state index is 12.1. The first-order chi connectivity index (χ1) is 10.3. The molecule has 7 heteroatoms. The van der Waals surface area contributed by atoms with Gasteiger partial charge >= 0.3 is 5.97 Å². The maximum Gasteiger partial charge on any atom is 0.326 e. The number of halogens is 2. The molecule has 2 aromatic rings. The highest BCUT2D eigenvalue weighted by Gasteiger charge is 2.18. The van der Waals surface area contributed by atoms with Crippen LogP contribution in [0.15, 0.2) is 35.3 Å². The first-order valence-electron chi connectivity index (χ1n) is 6.19. The number of carboxylic acid groups (broad SMARTS) is 1. The molecule has 5 nitrogen and oxygen atoms in total. The van der Waals surface area contributed by atoms with Crippen LogP contribution in [0.25, 0.3) is 11.1 Å². The monoisotopic (exact) mass is 336 g/mol. The molecule has 0 saturated carbocycles. The van der Waals surface area contributed by atoms with Gasteiger partial charge in [0.15, 0.2) is 0 Å². The summed E-state index contributed by atoms with van der Waals surface area (Å²) in [6.07, 6.45) is 1.25. The Balaban J connectivity index is 2.68.